The SMILES string of the molecule is c1ccc2c(-c3nc(-n4c5ccccc5c5c6c7ccccc7sc6c6ccccc6c54)nc4ncccc34)cccc2c1. The molecule has 0 atom stereocenters. The highest BCUT2D eigenvalue weighted by Crippen LogP contribution is 2.47. The summed E-state index contributed by atoms with van der Waals surface area (Å²) in [5.41, 5.74) is 4.83. The second kappa shape index (κ2) is 8.93. The van der Waals surface area contributed by atoms with Crippen molar-refractivity contribution >= 4 is 85.9 Å². The molecule has 0 spiro atoms. The van der Waals surface area contributed by atoms with Crippen LogP contribution in [0, 0.1) is 0 Å². The van der Waals surface area contributed by atoms with Crippen molar-refractivity contribution in [3.05, 3.63) is 134 Å². The van der Waals surface area contributed by atoms with Crippen LogP contribution in [0.4, 0.5) is 0 Å². The number of aromatic nitrogens is 4. The Bertz CT molecular complexity index is 2780. The predicted molar refractivity (Wildman–Crippen MR) is 185 cm³/mol. The molecule has 4 nitrogen and oxygen atoms in total. The first-order chi connectivity index (χ1) is 21.8. The molecule has 204 valence electrons. The van der Waals surface area contributed by atoms with Gasteiger partial charge in [0.05, 0.1) is 16.7 Å². The number of fused-ring (bicyclic) bond motifs is 12. The van der Waals surface area contributed by atoms with Gasteiger partial charge in [-0.3, -0.25) is 4.57 Å². The van der Waals surface area contributed by atoms with Crippen LogP contribution in [-0.4, -0.2) is 19.5 Å². The molecule has 0 bridgehead atoms. The lowest BCUT2D eigenvalue weighted by atomic mass is 10.00. The van der Waals surface area contributed by atoms with Gasteiger partial charge in [0, 0.05) is 58.9 Å². The maximum atomic E-state index is 5.42. The molecule has 0 N–H and O–H groups in total. The molecule has 0 radical (unpaired) electrons. The van der Waals surface area contributed by atoms with Crippen molar-refractivity contribution in [2.45, 2.75) is 0 Å². The Balaban J connectivity index is 1.43. The van der Waals surface area contributed by atoms with Gasteiger partial charge < -0.3 is 0 Å². The number of hydrogen-bond donors (Lipinski definition) is 0. The number of para-hydroxylation sites is 1. The van der Waals surface area contributed by atoms with E-state index in [0.29, 0.717) is 11.6 Å². The molecule has 44 heavy (non-hydrogen) atoms. The van der Waals surface area contributed by atoms with Crippen LogP contribution in [0.1, 0.15) is 0 Å². The van der Waals surface area contributed by atoms with E-state index in [-0.39, 0.29) is 0 Å². The molecule has 4 aromatic heterocycles. The zero-order valence-electron chi connectivity index (χ0n) is 23.4. The smallest absolute Gasteiger partial charge is 0.237 e. The van der Waals surface area contributed by atoms with Gasteiger partial charge in [-0.15, -0.1) is 11.3 Å². The molecule has 0 saturated carbocycles. The van der Waals surface area contributed by atoms with Crippen molar-refractivity contribution in [2.24, 2.45) is 0 Å². The summed E-state index contributed by atoms with van der Waals surface area (Å²) in [4.78, 5) is 15.3. The third-order valence-electron chi connectivity index (χ3n) is 8.85. The molecule has 0 saturated heterocycles. The summed E-state index contributed by atoms with van der Waals surface area (Å²) in [7, 11) is 0. The van der Waals surface area contributed by atoms with Crippen LogP contribution in [0.25, 0.3) is 91.8 Å². The average Bonchev–Trinajstić information content (AvgIpc) is 3.64. The number of hydrogen-bond acceptors (Lipinski definition) is 4. The monoisotopic (exact) mass is 578 g/mol. The fourth-order valence-electron chi connectivity index (χ4n) is 7.01. The van der Waals surface area contributed by atoms with Crippen molar-refractivity contribution in [3.8, 4) is 17.2 Å². The minimum atomic E-state index is 0.620. The Morgan fingerprint density at radius 2 is 1.23 bits per heavy atom. The summed E-state index contributed by atoms with van der Waals surface area (Å²) in [5.74, 6) is 0.620. The summed E-state index contributed by atoms with van der Waals surface area (Å²) in [5, 5.41) is 10.7. The van der Waals surface area contributed by atoms with Crippen LogP contribution in [0.15, 0.2) is 134 Å². The van der Waals surface area contributed by atoms with E-state index in [1.165, 1.54) is 47.1 Å². The number of nitrogens with zero attached hydrogens (tertiary/aromatic N) is 4. The molecular weight excluding hydrogens is 557 g/mol. The highest BCUT2D eigenvalue weighted by atomic mass is 32.1. The lowest BCUT2D eigenvalue weighted by Gasteiger charge is -2.13. The summed E-state index contributed by atoms with van der Waals surface area (Å²) in [6.45, 7) is 0. The van der Waals surface area contributed by atoms with E-state index >= 15 is 0 Å². The van der Waals surface area contributed by atoms with Crippen molar-refractivity contribution < 1.29 is 0 Å². The third-order valence-corrected chi connectivity index (χ3v) is 10.1. The topological polar surface area (TPSA) is 43.6 Å². The quantitative estimate of drug-likeness (QED) is 0.205. The first-order valence-corrected chi connectivity index (χ1v) is 15.5. The van der Waals surface area contributed by atoms with Crippen molar-refractivity contribution in [1.29, 1.82) is 0 Å². The Morgan fingerprint density at radius 1 is 0.523 bits per heavy atom. The largest absolute Gasteiger partial charge is 0.277 e. The van der Waals surface area contributed by atoms with Gasteiger partial charge in [-0.2, -0.15) is 4.98 Å². The van der Waals surface area contributed by atoms with Gasteiger partial charge in [0.2, 0.25) is 5.95 Å². The summed E-state index contributed by atoms with van der Waals surface area (Å²) < 4.78 is 4.87. The molecule has 0 fully saturated rings. The Kier molecular flexibility index (Phi) is 4.84. The highest BCUT2D eigenvalue weighted by molar-refractivity contribution is 7.27. The number of thiophene rings is 1. The molecule has 10 rings (SSSR count). The summed E-state index contributed by atoms with van der Waals surface area (Å²) in [6, 6.07) is 45.1. The second-order valence-corrected chi connectivity index (χ2v) is 12.2. The van der Waals surface area contributed by atoms with Crippen LogP contribution in [0.3, 0.4) is 0 Å². The lowest BCUT2D eigenvalue weighted by Crippen LogP contribution is -2.04. The van der Waals surface area contributed by atoms with Gasteiger partial charge in [-0.05, 0) is 35.0 Å². The summed E-state index contributed by atoms with van der Waals surface area (Å²) in [6.07, 6.45) is 1.81. The minimum Gasteiger partial charge on any atom is -0.277 e. The van der Waals surface area contributed by atoms with Crippen LogP contribution >= 0.6 is 11.3 Å². The molecule has 4 heterocycles. The van der Waals surface area contributed by atoms with E-state index in [1.54, 1.807) is 0 Å². The van der Waals surface area contributed by atoms with E-state index in [9.17, 15) is 0 Å². The molecule has 0 unspecified atom stereocenters. The predicted octanol–water partition coefficient (Wildman–Crippen LogP) is 10.5. The number of pyridine rings is 1. The Morgan fingerprint density at radius 3 is 2.14 bits per heavy atom. The second-order valence-electron chi connectivity index (χ2n) is 11.2. The minimum absolute atomic E-state index is 0.620. The van der Waals surface area contributed by atoms with Gasteiger partial charge in [0.1, 0.15) is 0 Å². The molecule has 0 aliphatic heterocycles. The number of benzene rings is 6. The molecule has 0 aliphatic rings. The van der Waals surface area contributed by atoms with E-state index < -0.39 is 0 Å². The molecule has 0 amide bonds. The average molecular weight is 579 g/mol. The lowest BCUT2D eigenvalue weighted by molar-refractivity contribution is 1.01. The Labute approximate surface area is 255 Å². The standard InChI is InChI=1S/C39H22N4S/c1-2-13-24-23(11-1)12-9-18-25(24)35-30-19-10-22-40-38(30)42-39(41-35)43-31-20-7-5-16-28(31)33-34-29-17-6-8-21-32(29)44-37(34)27-15-4-3-14-26(27)36(33)43/h1-22H. The molecule has 10 aromatic rings. The zero-order valence-corrected chi connectivity index (χ0v) is 24.2. The van der Waals surface area contributed by atoms with Gasteiger partial charge >= 0.3 is 0 Å². The van der Waals surface area contributed by atoms with Crippen molar-refractivity contribution in [1.82, 2.24) is 19.5 Å². The van der Waals surface area contributed by atoms with E-state index in [1.807, 2.05) is 23.6 Å². The molecule has 0 aliphatic carbocycles. The van der Waals surface area contributed by atoms with E-state index in [4.69, 9.17) is 15.0 Å². The van der Waals surface area contributed by atoms with Gasteiger partial charge in [0.25, 0.3) is 0 Å². The van der Waals surface area contributed by atoms with E-state index in [2.05, 4.69) is 126 Å². The normalized spacial score (nSPS) is 12.1. The fraction of sp³-hybridized carbons (Fsp3) is 0. The van der Waals surface area contributed by atoms with Gasteiger partial charge in [-0.1, -0.05) is 103 Å². The van der Waals surface area contributed by atoms with Crippen LogP contribution in [-0.2, 0) is 0 Å². The van der Waals surface area contributed by atoms with E-state index in [0.717, 1.165) is 33.1 Å². The van der Waals surface area contributed by atoms with Crippen LogP contribution in [0.2, 0.25) is 0 Å². The first kappa shape index (κ1) is 23.9. The fourth-order valence-corrected chi connectivity index (χ4v) is 8.26. The zero-order chi connectivity index (χ0) is 28.8. The first-order valence-electron chi connectivity index (χ1n) is 14.7. The maximum absolute atomic E-state index is 5.42. The van der Waals surface area contributed by atoms with Gasteiger partial charge in [-0.25, -0.2) is 9.97 Å². The van der Waals surface area contributed by atoms with Gasteiger partial charge in [0.15, 0.2) is 5.65 Å². The number of rotatable bonds is 2. The molecule has 5 heteroatoms. The third kappa shape index (κ3) is 3.19. The Hall–Kier alpha value is -5.65. The van der Waals surface area contributed by atoms with Crippen LogP contribution in [0.5, 0.6) is 0 Å². The van der Waals surface area contributed by atoms with Crippen molar-refractivity contribution in [3.63, 3.8) is 0 Å². The molecular formula is C39H22N4S. The summed E-state index contributed by atoms with van der Waals surface area (Å²) >= 11 is 1.87. The maximum Gasteiger partial charge on any atom is 0.237 e. The highest BCUT2D eigenvalue weighted by Gasteiger charge is 2.23. The molecule has 6 aromatic carbocycles. The van der Waals surface area contributed by atoms with Crippen molar-refractivity contribution in [2.75, 3.05) is 0 Å². The van der Waals surface area contributed by atoms with Crippen LogP contribution < -0.4 is 0 Å².